The van der Waals surface area contributed by atoms with Crippen LogP contribution in [-0.2, 0) is 19.1 Å². The van der Waals surface area contributed by atoms with E-state index < -0.39 is 34.1 Å². The maximum Gasteiger partial charge on any atom is 0.310 e. The predicted molar refractivity (Wildman–Crippen MR) is 147 cm³/mol. The van der Waals surface area contributed by atoms with Gasteiger partial charge in [0.2, 0.25) is 11.8 Å². The molecule has 3 heterocycles. The van der Waals surface area contributed by atoms with Gasteiger partial charge in [-0.3, -0.25) is 14.4 Å². The molecule has 6 atom stereocenters. The second-order valence-corrected chi connectivity index (χ2v) is 14.7. The molecule has 3 rings (SSSR count). The number of ether oxygens (including phenoxy) is 1. The number of thioether (sulfide) groups is 1. The van der Waals surface area contributed by atoms with Crippen LogP contribution in [0.4, 0.5) is 0 Å². The lowest BCUT2D eigenvalue weighted by molar-refractivity contribution is -0.154. The number of amides is 2. The minimum absolute atomic E-state index is 0.0247. The summed E-state index contributed by atoms with van der Waals surface area (Å²) in [5, 5.41) is 9.69. The normalized spacial score (nSPS) is 31.4. The van der Waals surface area contributed by atoms with E-state index in [-0.39, 0.29) is 47.1 Å². The van der Waals surface area contributed by atoms with Crippen molar-refractivity contribution < 1.29 is 24.2 Å². The monoisotopic (exact) mass is 584 g/mol. The van der Waals surface area contributed by atoms with Crippen LogP contribution in [0.15, 0.2) is 25.3 Å². The molecular weight excluding hydrogens is 544 g/mol. The summed E-state index contributed by atoms with van der Waals surface area (Å²) in [6.07, 6.45) is 5.29. The molecular formula is C27H41BrN2O5S. The van der Waals surface area contributed by atoms with Gasteiger partial charge in [-0.2, -0.15) is 0 Å². The number of hydrogen-bond acceptors (Lipinski definition) is 6. The molecule has 202 valence electrons. The molecule has 2 amide bonds. The fourth-order valence-electron chi connectivity index (χ4n) is 6.67. The number of halogens is 1. The molecule has 0 saturated carbocycles. The highest BCUT2D eigenvalue weighted by Gasteiger charge is 2.76. The van der Waals surface area contributed by atoms with Gasteiger partial charge in [0.25, 0.3) is 0 Å². The Labute approximate surface area is 228 Å². The Balaban J connectivity index is 2.04. The van der Waals surface area contributed by atoms with E-state index in [1.54, 1.807) is 23.9 Å². The van der Waals surface area contributed by atoms with Gasteiger partial charge in [0.1, 0.15) is 6.04 Å². The van der Waals surface area contributed by atoms with E-state index in [9.17, 15) is 19.5 Å². The minimum atomic E-state index is -0.776. The van der Waals surface area contributed by atoms with Gasteiger partial charge >= 0.3 is 5.97 Å². The maximum atomic E-state index is 14.5. The molecule has 36 heavy (non-hydrogen) atoms. The predicted octanol–water partition coefficient (Wildman–Crippen LogP) is 3.79. The maximum absolute atomic E-state index is 14.5. The van der Waals surface area contributed by atoms with Gasteiger partial charge in [-0.05, 0) is 38.5 Å². The molecule has 2 bridgehead atoms. The zero-order valence-corrected chi connectivity index (χ0v) is 24.6. The van der Waals surface area contributed by atoms with Crippen LogP contribution in [0.5, 0.6) is 0 Å². The lowest BCUT2D eigenvalue weighted by atomic mass is 9.70. The van der Waals surface area contributed by atoms with Crippen LogP contribution in [0.3, 0.4) is 0 Å². The fraction of sp³-hybridized carbons (Fsp3) is 0.741. The van der Waals surface area contributed by atoms with Crippen molar-refractivity contribution in [3.05, 3.63) is 25.3 Å². The van der Waals surface area contributed by atoms with Gasteiger partial charge in [-0.15, -0.1) is 24.9 Å². The first-order valence-corrected chi connectivity index (χ1v) is 14.5. The van der Waals surface area contributed by atoms with E-state index in [2.05, 4.69) is 49.9 Å². The largest absolute Gasteiger partial charge is 0.465 e. The Morgan fingerprint density at radius 2 is 1.94 bits per heavy atom. The highest BCUT2D eigenvalue weighted by atomic mass is 79.9. The highest BCUT2D eigenvalue weighted by Crippen LogP contribution is 2.68. The molecule has 0 aromatic rings. The summed E-state index contributed by atoms with van der Waals surface area (Å²) >= 11 is 5.33. The molecule has 3 fully saturated rings. The number of rotatable bonds is 11. The zero-order chi connectivity index (χ0) is 27.1. The van der Waals surface area contributed by atoms with E-state index in [4.69, 9.17) is 4.74 Å². The number of likely N-dealkylation sites (tertiary alicyclic amines) is 1. The minimum Gasteiger partial charge on any atom is -0.465 e. The van der Waals surface area contributed by atoms with Crippen molar-refractivity contribution in [2.45, 2.75) is 80.3 Å². The van der Waals surface area contributed by atoms with Crippen molar-refractivity contribution >= 4 is 45.5 Å². The summed E-state index contributed by atoms with van der Waals surface area (Å²) in [5.41, 5.74) is -0.521. The van der Waals surface area contributed by atoms with Crippen molar-refractivity contribution in [1.29, 1.82) is 0 Å². The van der Waals surface area contributed by atoms with Gasteiger partial charge < -0.3 is 19.6 Å². The lowest BCUT2D eigenvalue weighted by Crippen LogP contribution is -2.60. The topological polar surface area (TPSA) is 87.2 Å². The summed E-state index contributed by atoms with van der Waals surface area (Å²) in [6, 6.07) is -0.776. The van der Waals surface area contributed by atoms with Crippen LogP contribution in [0, 0.1) is 17.3 Å². The van der Waals surface area contributed by atoms with Gasteiger partial charge in [0, 0.05) is 28.7 Å². The molecule has 1 N–H and O–H groups in total. The van der Waals surface area contributed by atoms with Crippen LogP contribution in [-0.4, -0.2) is 85.4 Å². The molecule has 3 saturated heterocycles. The third-order valence-corrected chi connectivity index (χ3v) is 10.7. The molecule has 0 aromatic carbocycles. The molecule has 1 spiro atoms. The summed E-state index contributed by atoms with van der Waals surface area (Å²) < 4.78 is 4.77. The SMILES string of the molecule is C=CCCOC(=O)[C@H]1[C@@H]2SC3(CC2Br)C(C(=O)N(CC=C)C(C)(C)CC(C)(C)C)N(CCO)C(=O)[C@H]13. The van der Waals surface area contributed by atoms with E-state index >= 15 is 0 Å². The van der Waals surface area contributed by atoms with Gasteiger partial charge in [0.15, 0.2) is 0 Å². The zero-order valence-electron chi connectivity index (χ0n) is 22.2. The van der Waals surface area contributed by atoms with Crippen molar-refractivity contribution in [3.8, 4) is 0 Å². The first-order valence-electron chi connectivity index (χ1n) is 12.7. The molecule has 3 aliphatic rings. The number of β-amino-alcohol motifs (C(OH)–C–C–N with tert-alkyl or cyclic N) is 1. The third kappa shape index (κ3) is 5.17. The number of hydrogen-bond donors (Lipinski definition) is 1. The third-order valence-electron chi connectivity index (χ3n) is 7.47. The smallest absolute Gasteiger partial charge is 0.310 e. The molecule has 0 aliphatic carbocycles. The van der Waals surface area contributed by atoms with E-state index in [0.717, 1.165) is 6.42 Å². The summed E-state index contributed by atoms with van der Waals surface area (Å²) in [5.74, 6) is -2.09. The van der Waals surface area contributed by atoms with Crippen LogP contribution in [0.25, 0.3) is 0 Å². The Kier molecular flexibility index (Phi) is 8.78. The summed E-state index contributed by atoms with van der Waals surface area (Å²) in [7, 11) is 0. The molecule has 9 heteroatoms. The van der Waals surface area contributed by atoms with Crippen molar-refractivity contribution in [1.82, 2.24) is 9.80 Å². The summed E-state index contributed by atoms with van der Waals surface area (Å²) in [4.78, 5) is 44.9. The van der Waals surface area contributed by atoms with Gasteiger partial charge in [-0.1, -0.05) is 48.9 Å². The quantitative estimate of drug-likeness (QED) is 0.172. The second-order valence-electron chi connectivity index (χ2n) is 12.0. The molecule has 0 aromatic heterocycles. The number of aliphatic hydroxyl groups excluding tert-OH is 1. The van der Waals surface area contributed by atoms with Crippen molar-refractivity contribution in [2.75, 3.05) is 26.3 Å². The van der Waals surface area contributed by atoms with E-state index in [0.29, 0.717) is 19.4 Å². The number of fused-ring (bicyclic) bond motifs is 1. The molecule has 0 radical (unpaired) electrons. The van der Waals surface area contributed by atoms with Crippen LogP contribution < -0.4 is 0 Å². The van der Waals surface area contributed by atoms with Crippen molar-refractivity contribution in [2.24, 2.45) is 17.3 Å². The van der Waals surface area contributed by atoms with Crippen LogP contribution in [0.2, 0.25) is 0 Å². The highest BCUT2D eigenvalue weighted by molar-refractivity contribution is 9.09. The lowest BCUT2D eigenvalue weighted by Gasteiger charge is -2.46. The number of carbonyl (C=O) groups excluding carboxylic acids is 3. The van der Waals surface area contributed by atoms with Gasteiger partial charge in [-0.25, -0.2) is 0 Å². The molecule has 3 unspecified atom stereocenters. The summed E-state index contributed by atoms with van der Waals surface area (Å²) in [6.45, 7) is 18.4. The first-order chi connectivity index (χ1) is 16.8. The number of alkyl halides is 1. The van der Waals surface area contributed by atoms with Crippen LogP contribution in [0.1, 0.15) is 53.9 Å². The van der Waals surface area contributed by atoms with E-state index in [1.165, 1.54) is 4.90 Å². The average molecular weight is 586 g/mol. The van der Waals surface area contributed by atoms with Crippen LogP contribution >= 0.6 is 27.7 Å². The number of carbonyl (C=O) groups is 3. The fourth-order valence-corrected chi connectivity index (χ4v) is 10.3. The molecule has 3 aliphatic heterocycles. The Hall–Kier alpha value is -1.32. The van der Waals surface area contributed by atoms with E-state index in [1.807, 2.05) is 18.7 Å². The average Bonchev–Trinajstić information content (AvgIpc) is 3.34. The van der Waals surface area contributed by atoms with Crippen molar-refractivity contribution in [3.63, 3.8) is 0 Å². The number of aliphatic hydroxyl groups is 1. The molecule has 7 nitrogen and oxygen atoms in total. The number of esters is 1. The standard InChI is InChI=1S/C27H41BrN2O5S/c1-8-10-14-35-24(34)18-19-22(32)29(12-13-31)21(27(19)15-17(28)20(18)36-27)23(33)30(11-9-2)26(6,7)16-25(3,4)5/h8-9,17-21,31H,1-2,10-16H2,3-7H3/t17?,18-,19+,20-,21?,27?/m1/s1. The Morgan fingerprint density at radius 3 is 2.50 bits per heavy atom. The first kappa shape index (κ1) is 29.2. The van der Waals surface area contributed by atoms with Gasteiger partial charge in [0.05, 0.1) is 29.8 Å². The number of nitrogens with zero attached hydrogens (tertiary/aromatic N) is 2. The Morgan fingerprint density at radius 1 is 1.28 bits per heavy atom. The second kappa shape index (κ2) is 10.8. The Bertz CT molecular complexity index is 903.